The summed E-state index contributed by atoms with van der Waals surface area (Å²) in [6, 6.07) is 6.55. The molecule has 1 unspecified atom stereocenters. The molecule has 0 bridgehead atoms. The predicted molar refractivity (Wildman–Crippen MR) is 97.2 cm³/mol. The number of benzene rings is 1. The van der Waals surface area contributed by atoms with E-state index in [1.807, 2.05) is 33.1 Å². The summed E-state index contributed by atoms with van der Waals surface area (Å²) in [4.78, 5) is 28.3. The maximum Gasteiger partial charge on any atom is 0.319 e. The Kier molecular flexibility index (Phi) is 5.56. The molecule has 7 heteroatoms. The number of anilines is 2. The van der Waals surface area contributed by atoms with E-state index in [2.05, 4.69) is 20.9 Å². The van der Waals surface area contributed by atoms with Crippen LogP contribution in [0.2, 0.25) is 0 Å². The molecule has 128 valence electrons. The second kappa shape index (κ2) is 7.44. The molecule has 0 saturated carbocycles. The summed E-state index contributed by atoms with van der Waals surface area (Å²) < 4.78 is 0. The summed E-state index contributed by atoms with van der Waals surface area (Å²) in [6.45, 7) is 7.41. The van der Waals surface area contributed by atoms with Gasteiger partial charge in [0, 0.05) is 28.4 Å². The average Bonchev–Trinajstić information content (AvgIpc) is 3.00. The molecule has 24 heavy (non-hydrogen) atoms. The Hall–Kier alpha value is -2.41. The van der Waals surface area contributed by atoms with E-state index < -0.39 is 5.41 Å². The number of nitrogens with one attached hydrogen (secondary N) is 3. The van der Waals surface area contributed by atoms with Crippen molar-refractivity contribution in [3.63, 3.8) is 0 Å². The average molecular weight is 346 g/mol. The van der Waals surface area contributed by atoms with Gasteiger partial charge in [-0.3, -0.25) is 4.79 Å². The van der Waals surface area contributed by atoms with E-state index in [1.54, 1.807) is 30.5 Å². The van der Waals surface area contributed by atoms with Crippen LogP contribution in [0.1, 0.15) is 38.7 Å². The zero-order chi connectivity index (χ0) is 17.7. The van der Waals surface area contributed by atoms with E-state index in [4.69, 9.17) is 0 Å². The van der Waals surface area contributed by atoms with Crippen LogP contribution in [0.25, 0.3) is 0 Å². The van der Waals surface area contributed by atoms with Crippen LogP contribution in [0.5, 0.6) is 0 Å². The van der Waals surface area contributed by atoms with Crippen molar-refractivity contribution in [1.29, 1.82) is 0 Å². The van der Waals surface area contributed by atoms with Crippen molar-refractivity contribution >= 4 is 34.6 Å². The highest BCUT2D eigenvalue weighted by atomic mass is 32.1. The molecule has 0 aliphatic carbocycles. The Balaban J connectivity index is 1.96. The number of rotatable bonds is 4. The highest BCUT2D eigenvalue weighted by molar-refractivity contribution is 7.09. The number of amides is 3. The lowest BCUT2D eigenvalue weighted by Crippen LogP contribution is -2.31. The number of hydrogen-bond acceptors (Lipinski definition) is 4. The van der Waals surface area contributed by atoms with Crippen LogP contribution in [0, 0.1) is 5.41 Å². The van der Waals surface area contributed by atoms with Gasteiger partial charge in [-0.25, -0.2) is 9.78 Å². The van der Waals surface area contributed by atoms with Crippen LogP contribution < -0.4 is 16.0 Å². The van der Waals surface area contributed by atoms with Gasteiger partial charge < -0.3 is 16.0 Å². The molecular weight excluding hydrogens is 324 g/mol. The lowest BCUT2D eigenvalue weighted by Gasteiger charge is -2.18. The van der Waals surface area contributed by atoms with E-state index in [1.165, 1.54) is 11.3 Å². The van der Waals surface area contributed by atoms with Gasteiger partial charge in [0.05, 0.1) is 6.04 Å². The van der Waals surface area contributed by atoms with Gasteiger partial charge in [0.25, 0.3) is 0 Å². The molecular formula is C17H22N4O2S. The van der Waals surface area contributed by atoms with Crippen molar-refractivity contribution in [2.24, 2.45) is 5.41 Å². The summed E-state index contributed by atoms with van der Waals surface area (Å²) in [6.07, 6.45) is 1.71. The fourth-order valence-electron chi connectivity index (χ4n) is 1.87. The lowest BCUT2D eigenvalue weighted by molar-refractivity contribution is -0.123. The van der Waals surface area contributed by atoms with Crippen molar-refractivity contribution < 1.29 is 9.59 Å². The van der Waals surface area contributed by atoms with Gasteiger partial charge in [-0.1, -0.05) is 26.8 Å². The molecule has 0 spiro atoms. The quantitative estimate of drug-likeness (QED) is 0.782. The van der Waals surface area contributed by atoms with Gasteiger partial charge in [0.2, 0.25) is 5.91 Å². The zero-order valence-corrected chi connectivity index (χ0v) is 15.0. The van der Waals surface area contributed by atoms with E-state index in [0.717, 1.165) is 5.01 Å². The van der Waals surface area contributed by atoms with Crippen molar-refractivity contribution in [2.75, 3.05) is 10.6 Å². The Labute approximate surface area is 145 Å². The van der Waals surface area contributed by atoms with Crippen molar-refractivity contribution in [1.82, 2.24) is 10.3 Å². The van der Waals surface area contributed by atoms with Gasteiger partial charge in [-0.15, -0.1) is 11.3 Å². The molecule has 3 amide bonds. The van der Waals surface area contributed by atoms with Crippen LogP contribution in [0.4, 0.5) is 16.2 Å². The molecule has 1 heterocycles. The molecule has 0 aliphatic rings. The summed E-state index contributed by atoms with van der Waals surface area (Å²) >= 11 is 1.49. The number of urea groups is 1. The minimum absolute atomic E-state index is 0.0820. The first kappa shape index (κ1) is 17.9. The molecule has 3 N–H and O–H groups in total. The molecule has 0 saturated heterocycles. The number of carbonyl (C=O) groups is 2. The number of hydrogen-bond donors (Lipinski definition) is 3. The summed E-state index contributed by atoms with van der Waals surface area (Å²) in [5.41, 5.74) is 0.760. The van der Waals surface area contributed by atoms with Gasteiger partial charge >= 0.3 is 6.03 Å². The standard InChI is InChI=1S/C17H22N4O2S/c1-11(14-18-8-9-24-14)19-16(23)21-13-7-5-6-12(10-13)20-15(22)17(2,3)4/h5-11H,1-4H3,(H,20,22)(H2,19,21,23). The van der Waals surface area contributed by atoms with E-state index in [-0.39, 0.29) is 18.0 Å². The number of thiazole rings is 1. The van der Waals surface area contributed by atoms with Gasteiger partial charge in [-0.2, -0.15) is 0 Å². The topological polar surface area (TPSA) is 83.1 Å². The van der Waals surface area contributed by atoms with Gasteiger partial charge in [-0.05, 0) is 25.1 Å². The fraction of sp³-hybridized carbons (Fsp3) is 0.353. The monoisotopic (exact) mass is 346 g/mol. The fourth-order valence-corrected chi connectivity index (χ4v) is 2.51. The van der Waals surface area contributed by atoms with Crippen molar-refractivity contribution in [3.05, 3.63) is 40.8 Å². The van der Waals surface area contributed by atoms with Crippen molar-refractivity contribution in [3.8, 4) is 0 Å². The van der Waals surface area contributed by atoms with Crippen LogP contribution in [0.15, 0.2) is 35.8 Å². The van der Waals surface area contributed by atoms with E-state index in [0.29, 0.717) is 11.4 Å². The summed E-state index contributed by atoms with van der Waals surface area (Å²) in [5, 5.41) is 11.1. The minimum Gasteiger partial charge on any atom is -0.329 e. The predicted octanol–water partition coefficient (Wildman–Crippen LogP) is 4.01. The molecule has 0 aliphatic heterocycles. The van der Waals surface area contributed by atoms with Gasteiger partial charge in [0.1, 0.15) is 5.01 Å². The number of aromatic nitrogens is 1. The smallest absolute Gasteiger partial charge is 0.319 e. The molecule has 2 rings (SSSR count). The second-order valence-corrected chi connectivity index (χ2v) is 7.40. The van der Waals surface area contributed by atoms with Crippen LogP contribution >= 0.6 is 11.3 Å². The first-order chi connectivity index (χ1) is 11.3. The third kappa shape index (κ3) is 5.06. The van der Waals surface area contributed by atoms with Crippen LogP contribution in [0.3, 0.4) is 0 Å². The molecule has 1 aromatic carbocycles. The number of nitrogens with zero attached hydrogens (tertiary/aromatic N) is 1. The molecule has 2 aromatic rings. The van der Waals surface area contributed by atoms with E-state index >= 15 is 0 Å². The third-order valence-electron chi connectivity index (χ3n) is 3.23. The van der Waals surface area contributed by atoms with Crippen LogP contribution in [-0.2, 0) is 4.79 Å². The first-order valence-electron chi connectivity index (χ1n) is 7.64. The Morgan fingerprint density at radius 1 is 1.17 bits per heavy atom. The number of carbonyl (C=O) groups excluding carboxylic acids is 2. The lowest BCUT2D eigenvalue weighted by atomic mass is 9.95. The molecule has 1 atom stereocenters. The van der Waals surface area contributed by atoms with E-state index in [9.17, 15) is 9.59 Å². The Bertz CT molecular complexity index is 708. The Morgan fingerprint density at radius 2 is 1.83 bits per heavy atom. The molecule has 6 nitrogen and oxygen atoms in total. The summed E-state index contributed by atoms with van der Waals surface area (Å²) in [5.74, 6) is -0.0820. The highest BCUT2D eigenvalue weighted by Gasteiger charge is 2.21. The minimum atomic E-state index is -0.482. The SMILES string of the molecule is CC(NC(=O)Nc1cccc(NC(=O)C(C)(C)C)c1)c1nccs1. The van der Waals surface area contributed by atoms with Crippen LogP contribution in [-0.4, -0.2) is 16.9 Å². The molecule has 1 aromatic heterocycles. The summed E-state index contributed by atoms with van der Waals surface area (Å²) in [7, 11) is 0. The van der Waals surface area contributed by atoms with Gasteiger partial charge in [0.15, 0.2) is 0 Å². The molecule has 0 radical (unpaired) electrons. The zero-order valence-electron chi connectivity index (χ0n) is 14.2. The second-order valence-electron chi connectivity index (χ2n) is 6.48. The Morgan fingerprint density at radius 3 is 2.42 bits per heavy atom. The maximum atomic E-state index is 12.1. The molecule has 0 fully saturated rings. The normalized spacial score (nSPS) is 12.3. The largest absolute Gasteiger partial charge is 0.329 e. The maximum absolute atomic E-state index is 12.1. The highest BCUT2D eigenvalue weighted by Crippen LogP contribution is 2.20. The van der Waals surface area contributed by atoms with Crippen molar-refractivity contribution in [2.45, 2.75) is 33.7 Å². The first-order valence-corrected chi connectivity index (χ1v) is 8.52. The third-order valence-corrected chi connectivity index (χ3v) is 4.19.